The molecule has 4 rings (SSSR count). The molecule has 1 saturated heterocycles. The summed E-state index contributed by atoms with van der Waals surface area (Å²) in [5.74, 6) is 0.791. The average molecular weight is 488 g/mol. The number of hydrogen-bond donors (Lipinski definition) is 0. The molecule has 1 atom stereocenters. The molecule has 11 heteroatoms. The van der Waals surface area contributed by atoms with Crippen molar-refractivity contribution in [3.05, 3.63) is 53.9 Å². The van der Waals surface area contributed by atoms with Gasteiger partial charge in [0.25, 0.3) is 5.89 Å². The smallest absolute Gasteiger partial charge is 0.324 e. The van der Waals surface area contributed by atoms with Crippen LogP contribution in [0.2, 0.25) is 0 Å². The maximum absolute atomic E-state index is 13.1. The van der Waals surface area contributed by atoms with E-state index in [1.807, 2.05) is 6.92 Å². The van der Waals surface area contributed by atoms with E-state index in [-0.39, 0.29) is 29.8 Å². The molecular formula is C23H25N3O7S. The van der Waals surface area contributed by atoms with E-state index in [2.05, 4.69) is 10.1 Å². The summed E-state index contributed by atoms with van der Waals surface area (Å²) in [4.78, 5) is 17.1. The summed E-state index contributed by atoms with van der Waals surface area (Å²) in [5, 5.41) is 3.91. The van der Waals surface area contributed by atoms with Gasteiger partial charge < -0.3 is 18.7 Å². The predicted molar refractivity (Wildman–Crippen MR) is 121 cm³/mol. The molecule has 34 heavy (non-hydrogen) atoms. The van der Waals surface area contributed by atoms with Crippen molar-refractivity contribution in [2.45, 2.75) is 37.3 Å². The number of rotatable bonds is 8. The molecule has 0 bridgehead atoms. The van der Waals surface area contributed by atoms with Crippen LogP contribution in [0.15, 0.2) is 51.9 Å². The lowest BCUT2D eigenvalue weighted by Gasteiger charge is -2.22. The second-order valence-corrected chi connectivity index (χ2v) is 9.67. The van der Waals surface area contributed by atoms with Crippen LogP contribution >= 0.6 is 0 Å². The molecule has 0 amide bonds. The predicted octanol–water partition coefficient (Wildman–Crippen LogP) is 2.96. The van der Waals surface area contributed by atoms with Crippen molar-refractivity contribution < 1.29 is 31.9 Å². The topological polar surface area (TPSA) is 121 Å². The quantitative estimate of drug-likeness (QED) is 0.441. The molecular weight excluding hydrogens is 462 g/mol. The molecule has 1 aliphatic heterocycles. The molecule has 180 valence electrons. The van der Waals surface area contributed by atoms with E-state index < -0.39 is 22.0 Å². The molecule has 0 unspecified atom stereocenters. The highest BCUT2D eigenvalue weighted by Gasteiger charge is 2.40. The number of sulfonamides is 1. The lowest BCUT2D eigenvalue weighted by atomic mass is 10.2. The summed E-state index contributed by atoms with van der Waals surface area (Å²) in [7, 11) is -0.759. The highest BCUT2D eigenvalue weighted by molar-refractivity contribution is 7.89. The number of benzene rings is 2. The Balaban J connectivity index is 1.43. The minimum absolute atomic E-state index is 0.0871. The number of methoxy groups -OCH3 is 2. The van der Waals surface area contributed by atoms with Crippen molar-refractivity contribution in [3.8, 4) is 22.9 Å². The molecule has 1 aliphatic rings. The largest absolute Gasteiger partial charge is 0.493 e. The van der Waals surface area contributed by atoms with Gasteiger partial charge in [0, 0.05) is 12.1 Å². The molecule has 2 aromatic carbocycles. The Bertz CT molecular complexity index is 1270. The first kappa shape index (κ1) is 23.7. The number of nitrogens with zero attached hydrogens (tertiary/aromatic N) is 3. The van der Waals surface area contributed by atoms with Crippen molar-refractivity contribution in [1.82, 2.24) is 14.4 Å². The summed E-state index contributed by atoms with van der Waals surface area (Å²) in [6, 6.07) is 10.8. The summed E-state index contributed by atoms with van der Waals surface area (Å²) < 4.78 is 48.3. The zero-order chi connectivity index (χ0) is 24.3. The fourth-order valence-corrected chi connectivity index (χ4v) is 5.39. The van der Waals surface area contributed by atoms with Crippen LogP contribution in [0.25, 0.3) is 11.4 Å². The lowest BCUT2D eigenvalue weighted by molar-refractivity contribution is -0.149. The molecule has 10 nitrogen and oxygen atoms in total. The van der Waals surface area contributed by atoms with Crippen LogP contribution in [0, 0.1) is 6.92 Å². The van der Waals surface area contributed by atoms with Crippen molar-refractivity contribution in [2.75, 3.05) is 20.8 Å². The number of ether oxygens (including phenoxy) is 3. The molecule has 0 radical (unpaired) electrons. The molecule has 0 N–H and O–H groups in total. The SMILES string of the molecule is COc1ccc(-c2noc(COC(=O)[C@@H]3CCCN3S(=O)(=O)c3ccc(C)cc3)n2)cc1OC. The van der Waals surface area contributed by atoms with Crippen LogP contribution in [0.5, 0.6) is 11.5 Å². The van der Waals surface area contributed by atoms with Crippen LogP contribution in [0.1, 0.15) is 24.3 Å². The Kier molecular flexibility index (Phi) is 6.85. The van der Waals surface area contributed by atoms with E-state index in [1.165, 1.54) is 18.5 Å². The lowest BCUT2D eigenvalue weighted by Crippen LogP contribution is -2.41. The Morgan fingerprint density at radius 1 is 1.12 bits per heavy atom. The first-order valence-electron chi connectivity index (χ1n) is 10.6. The highest BCUT2D eigenvalue weighted by atomic mass is 32.2. The van der Waals surface area contributed by atoms with Crippen LogP contribution in [-0.4, -0.2) is 55.6 Å². The van der Waals surface area contributed by atoms with Crippen LogP contribution in [0.4, 0.5) is 0 Å². The van der Waals surface area contributed by atoms with Crippen molar-refractivity contribution >= 4 is 16.0 Å². The van der Waals surface area contributed by atoms with E-state index in [0.29, 0.717) is 29.9 Å². The molecule has 0 spiro atoms. The fraction of sp³-hybridized carbons (Fsp3) is 0.348. The Morgan fingerprint density at radius 3 is 2.56 bits per heavy atom. The molecule has 1 fully saturated rings. The molecule has 3 aromatic rings. The maximum atomic E-state index is 13.1. The molecule has 1 aromatic heterocycles. The monoisotopic (exact) mass is 487 g/mol. The van der Waals surface area contributed by atoms with Crippen molar-refractivity contribution in [1.29, 1.82) is 0 Å². The number of hydrogen-bond acceptors (Lipinski definition) is 9. The van der Waals surface area contributed by atoms with Gasteiger partial charge in [0.1, 0.15) is 6.04 Å². The number of aromatic nitrogens is 2. The van der Waals surface area contributed by atoms with E-state index in [1.54, 1.807) is 42.5 Å². The van der Waals surface area contributed by atoms with Crippen molar-refractivity contribution in [2.24, 2.45) is 0 Å². The minimum atomic E-state index is -3.82. The third-order valence-corrected chi connectivity index (χ3v) is 7.47. The van der Waals surface area contributed by atoms with Crippen LogP contribution in [0.3, 0.4) is 0 Å². The van der Waals surface area contributed by atoms with E-state index in [4.69, 9.17) is 18.7 Å². The van der Waals surface area contributed by atoms with Gasteiger partial charge in [-0.1, -0.05) is 22.9 Å². The first-order chi connectivity index (χ1) is 16.3. The Labute approximate surface area is 197 Å². The van der Waals surface area contributed by atoms with Crippen LogP contribution < -0.4 is 9.47 Å². The highest BCUT2D eigenvalue weighted by Crippen LogP contribution is 2.31. The molecule has 2 heterocycles. The number of carbonyl (C=O) groups excluding carboxylic acids is 1. The van der Waals surface area contributed by atoms with Gasteiger partial charge in [-0.2, -0.15) is 9.29 Å². The normalized spacial score (nSPS) is 16.4. The Hall–Kier alpha value is -3.44. The number of carbonyl (C=O) groups is 1. The van der Waals surface area contributed by atoms with Crippen LogP contribution in [-0.2, 0) is 26.2 Å². The number of aryl methyl sites for hydroxylation is 1. The van der Waals surface area contributed by atoms with Gasteiger partial charge in [-0.05, 0) is 50.1 Å². The van der Waals surface area contributed by atoms with Gasteiger partial charge in [-0.15, -0.1) is 0 Å². The average Bonchev–Trinajstić information content (AvgIpc) is 3.53. The summed E-state index contributed by atoms with van der Waals surface area (Å²) in [6.07, 6.45) is 0.944. The van der Waals surface area contributed by atoms with Gasteiger partial charge in [-0.25, -0.2) is 8.42 Å². The Morgan fingerprint density at radius 2 is 1.85 bits per heavy atom. The van der Waals surface area contributed by atoms with Gasteiger partial charge >= 0.3 is 5.97 Å². The van der Waals surface area contributed by atoms with Gasteiger partial charge in [0.05, 0.1) is 19.1 Å². The third kappa shape index (κ3) is 4.75. The minimum Gasteiger partial charge on any atom is -0.493 e. The van der Waals surface area contributed by atoms with E-state index in [0.717, 1.165) is 5.56 Å². The zero-order valence-corrected chi connectivity index (χ0v) is 19.9. The molecule has 0 aliphatic carbocycles. The van der Waals surface area contributed by atoms with E-state index in [9.17, 15) is 13.2 Å². The summed E-state index contributed by atoms with van der Waals surface area (Å²) in [5.41, 5.74) is 1.58. The summed E-state index contributed by atoms with van der Waals surface area (Å²) >= 11 is 0. The maximum Gasteiger partial charge on any atom is 0.324 e. The standard InChI is InChI=1S/C23H25N3O7S/c1-15-6-9-17(10-7-15)34(28,29)26-12-4-5-18(26)23(27)32-14-21-24-22(25-33-21)16-8-11-19(30-2)20(13-16)31-3/h6-11,13,18H,4-5,12,14H2,1-3H3/t18-/m0/s1. The fourth-order valence-electron chi connectivity index (χ4n) is 3.74. The number of esters is 1. The second kappa shape index (κ2) is 9.82. The van der Waals surface area contributed by atoms with E-state index >= 15 is 0 Å². The second-order valence-electron chi connectivity index (χ2n) is 7.78. The third-order valence-electron chi connectivity index (χ3n) is 5.55. The molecule has 0 saturated carbocycles. The van der Waals surface area contributed by atoms with Gasteiger partial charge in [-0.3, -0.25) is 4.79 Å². The zero-order valence-electron chi connectivity index (χ0n) is 19.1. The first-order valence-corrected chi connectivity index (χ1v) is 12.1. The van der Waals surface area contributed by atoms with Gasteiger partial charge in [0.2, 0.25) is 15.8 Å². The van der Waals surface area contributed by atoms with Gasteiger partial charge in [0.15, 0.2) is 18.1 Å². The summed E-state index contributed by atoms with van der Waals surface area (Å²) in [6.45, 7) is 1.86. The van der Waals surface area contributed by atoms with Crippen molar-refractivity contribution in [3.63, 3.8) is 0 Å².